The number of hydrogen-bond donors (Lipinski definition) is 0. The van der Waals surface area contributed by atoms with Crippen LogP contribution < -0.4 is 0 Å². The van der Waals surface area contributed by atoms with Crippen LogP contribution in [0.1, 0.15) is 34.1 Å². The molecule has 0 fully saturated rings. The molecule has 0 bridgehead atoms. The highest BCUT2D eigenvalue weighted by atomic mass is 16.6. The summed E-state index contributed by atoms with van der Waals surface area (Å²) < 4.78 is 10.0. The third kappa shape index (κ3) is 6.80. The summed E-state index contributed by atoms with van der Waals surface area (Å²) in [5.41, 5.74) is 0. The second kappa shape index (κ2) is 9.60. The van der Waals surface area contributed by atoms with Crippen LogP contribution in [-0.4, -0.2) is 49.8 Å². The molecule has 0 aliphatic carbocycles. The van der Waals surface area contributed by atoms with Crippen LogP contribution in [0.4, 0.5) is 0 Å². The van der Waals surface area contributed by atoms with E-state index in [1.165, 1.54) is 0 Å². The fourth-order valence-electron chi connectivity index (χ4n) is 1.49. The Bertz CT molecular complexity index is 185. The van der Waals surface area contributed by atoms with Crippen LogP contribution in [0.25, 0.3) is 0 Å². The van der Waals surface area contributed by atoms with Crippen LogP contribution >= 0.6 is 0 Å². The number of rotatable bonds is 9. The molecule has 96 valence electrons. The second-order valence-corrected chi connectivity index (χ2v) is 3.74. The van der Waals surface area contributed by atoms with Crippen molar-refractivity contribution in [2.75, 3.05) is 32.9 Å². The Hall–Kier alpha value is -0.610. The molecule has 0 N–H and O–H groups in total. The predicted molar refractivity (Wildman–Crippen MR) is 64.5 cm³/mol. The first-order valence-electron chi connectivity index (χ1n) is 6.13. The largest absolute Gasteiger partial charge is 0.464 e. The van der Waals surface area contributed by atoms with Gasteiger partial charge < -0.3 is 9.47 Å². The monoisotopic (exact) mass is 231 g/mol. The number of esters is 1. The lowest BCUT2D eigenvalue weighted by Gasteiger charge is -2.26. The summed E-state index contributed by atoms with van der Waals surface area (Å²) in [6.45, 7) is 11.2. The predicted octanol–water partition coefficient (Wildman–Crippen LogP) is 1.69. The van der Waals surface area contributed by atoms with Gasteiger partial charge in [-0.2, -0.15) is 0 Å². The summed E-state index contributed by atoms with van der Waals surface area (Å²) >= 11 is 0. The van der Waals surface area contributed by atoms with Crippen molar-refractivity contribution in [3.8, 4) is 0 Å². The molecule has 0 spiro atoms. The molecular weight excluding hydrogens is 206 g/mol. The van der Waals surface area contributed by atoms with E-state index < -0.39 is 0 Å². The van der Waals surface area contributed by atoms with Crippen LogP contribution in [0.5, 0.6) is 0 Å². The summed E-state index contributed by atoms with van der Waals surface area (Å²) in [7, 11) is 0. The van der Waals surface area contributed by atoms with Gasteiger partial charge in [0.25, 0.3) is 0 Å². The first kappa shape index (κ1) is 15.4. The molecule has 4 nitrogen and oxygen atoms in total. The average Bonchev–Trinajstić information content (AvgIpc) is 2.28. The molecule has 1 unspecified atom stereocenters. The smallest absolute Gasteiger partial charge is 0.332 e. The normalized spacial score (nSPS) is 12.8. The Balaban J connectivity index is 3.59. The summed E-state index contributed by atoms with van der Waals surface area (Å²) in [5, 5.41) is 0. The molecule has 4 heteroatoms. The molecule has 16 heavy (non-hydrogen) atoms. The first-order valence-corrected chi connectivity index (χ1v) is 6.13. The van der Waals surface area contributed by atoms with Gasteiger partial charge in [-0.05, 0) is 26.8 Å². The summed E-state index contributed by atoms with van der Waals surface area (Å²) in [4.78, 5) is 13.3. The van der Waals surface area contributed by atoms with Crippen molar-refractivity contribution >= 4 is 5.97 Å². The maximum absolute atomic E-state index is 11.0. The van der Waals surface area contributed by atoms with Gasteiger partial charge in [0.05, 0.1) is 13.2 Å². The van der Waals surface area contributed by atoms with Gasteiger partial charge in [0, 0.05) is 12.6 Å². The zero-order valence-corrected chi connectivity index (χ0v) is 11.0. The van der Waals surface area contributed by atoms with Crippen molar-refractivity contribution in [3.63, 3.8) is 0 Å². The molecular formula is C12H25NO3. The van der Waals surface area contributed by atoms with Gasteiger partial charge in [0.1, 0.15) is 6.61 Å². The van der Waals surface area contributed by atoms with E-state index in [1.807, 2.05) is 0 Å². The zero-order chi connectivity index (χ0) is 12.4. The topological polar surface area (TPSA) is 38.8 Å². The molecule has 0 aromatic rings. The van der Waals surface area contributed by atoms with Crippen molar-refractivity contribution in [3.05, 3.63) is 0 Å². The molecule has 0 aromatic heterocycles. The number of likely N-dealkylation sites (N-methyl/N-ethyl adjacent to an activating group) is 1. The highest BCUT2D eigenvalue weighted by Gasteiger charge is 2.09. The average molecular weight is 231 g/mol. The maximum Gasteiger partial charge on any atom is 0.332 e. The lowest BCUT2D eigenvalue weighted by molar-refractivity contribution is -0.148. The van der Waals surface area contributed by atoms with Crippen molar-refractivity contribution in [2.45, 2.75) is 40.2 Å². The SMILES string of the molecule is CCOC(=O)COCCN(CC)C(C)CC. The Morgan fingerprint density at radius 1 is 1.31 bits per heavy atom. The number of ether oxygens (including phenoxy) is 2. The highest BCUT2D eigenvalue weighted by molar-refractivity contribution is 5.70. The number of nitrogens with zero attached hydrogens (tertiary/aromatic N) is 1. The van der Waals surface area contributed by atoms with Crippen molar-refractivity contribution in [1.29, 1.82) is 0 Å². The Morgan fingerprint density at radius 2 is 2.00 bits per heavy atom. The molecule has 0 amide bonds. The molecule has 0 aromatic carbocycles. The van der Waals surface area contributed by atoms with Crippen LogP contribution in [0, 0.1) is 0 Å². The van der Waals surface area contributed by atoms with E-state index in [0.717, 1.165) is 19.5 Å². The van der Waals surface area contributed by atoms with Crippen LogP contribution in [0.3, 0.4) is 0 Å². The van der Waals surface area contributed by atoms with Crippen LogP contribution in [0.2, 0.25) is 0 Å². The Kier molecular flexibility index (Phi) is 9.24. The maximum atomic E-state index is 11.0. The fraction of sp³-hybridized carbons (Fsp3) is 0.917. The van der Waals surface area contributed by atoms with Crippen molar-refractivity contribution < 1.29 is 14.3 Å². The van der Waals surface area contributed by atoms with Gasteiger partial charge >= 0.3 is 5.97 Å². The lowest BCUT2D eigenvalue weighted by atomic mass is 10.2. The molecule has 1 atom stereocenters. The molecule has 0 heterocycles. The summed E-state index contributed by atoms with van der Waals surface area (Å²) in [5.74, 6) is -0.283. The minimum absolute atomic E-state index is 0.0614. The molecule has 0 aliphatic rings. The highest BCUT2D eigenvalue weighted by Crippen LogP contribution is 2.02. The minimum atomic E-state index is -0.283. The second-order valence-electron chi connectivity index (χ2n) is 3.74. The van der Waals surface area contributed by atoms with Gasteiger partial charge in [-0.15, -0.1) is 0 Å². The standard InChI is InChI=1S/C12H25NO3/c1-5-11(4)13(6-2)8-9-15-10-12(14)16-7-3/h11H,5-10H2,1-4H3. The third-order valence-electron chi connectivity index (χ3n) is 2.67. The minimum Gasteiger partial charge on any atom is -0.464 e. The van der Waals surface area contributed by atoms with E-state index in [1.54, 1.807) is 6.92 Å². The van der Waals surface area contributed by atoms with Crippen LogP contribution in [0.15, 0.2) is 0 Å². The fourth-order valence-corrected chi connectivity index (χ4v) is 1.49. The van der Waals surface area contributed by atoms with E-state index in [2.05, 4.69) is 25.7 Å². The quantitative estimate of drug-likeness (QED) is 0.447. The first-order chi connectivity index (χ1) is 7.65. The van der Waals surface area contributed by atoms with Gasteiger partial charge in [-0.1, -0.05) is 13.8 Å². The van der Waals surface area contributed by atoms with E-state index in [4.69, 9.17) is 9.47 Å². The van der Waals surface area contributed by atoms with E-state index >= 15 is 0 Å². The number of hydrogen-bond acceptors (Lipinski definition) is 4. The Morgan fingerprint density at radius 3 is 2.50 bits per heavy atom. The van der Waals surface area contributed by atoms with E-state index in [9.17, 15) is 4.79 Å². The van der Waals surface area contributed by atoms with Crippen LogP contribution in [-0.2, 0) is 14.3 Å². The molecule has 0 saturated carbocycles. The third-order valence-corrected chi connectivity index (χ3v) is 2.67. The van der Waals surface area contributed by atoms with Gasteiger partial charge in [0.2, 0.25) is 0 Å². The Labute approximate surface area is 98.9 Å². The molecule has 0 rings (SSSR count). The molecule has 0 saturated heterocycles. The summed E-state index contributed by atoms with van der Waals surface area (Å²) in [6, 6.07) is 0.566. The number of carbonyl (C=O) groups is 1. The van der Waals surface area contributed by atoms with Gasteiger partial charge in [0.15, 0.2) is 0 Å². The molecule has 0 aliphatic heterocycles. The van der Waals surface area contributed by atoms with Gasteiger partial charge in [-0.3, -0.25) is 4.90 Å². The van der Waals surface area contributed by atoms with Crippen molar-refractivity contribution in [1.82, 2.24) is 4.90 Å². The van der Waals surface area contributed by atoms with Gasteiger partial charge in [-0.25, -0.2) is 4.79 Å². The zero-order valence-electron chi connectivity index (χ0n) is 11.0. The van der Waals surface area contributed by atoms with Crippen molar-refractivity contribution in [2.24, 2.45) is 0 Å². The summed E-state index contributed by atoms with van der Waals surface area (Å²) in [6.07, 6.45) is 1.13. The molecule has 0 radical (unpaired) electrons. The number of carbonyl (C=O) groups excluding carboxylic acids is 1. The lowest BCUT2D eigenvalue weighted by Crippen LogP contribution is -2.35. The van der Waals surface area contributed by atoms with E-state index in [-0.39, 0.29) is 12.6 Å². The van der Waals surface area contributed by atoms with E-state index in [0.29, 0.717) is 19.3 Å².